The van der Waals surface area contributed by atoms with Crippen LogP contribution in [0.1, 0.15) is 10.6 Å². The lowest BCUT2D eigenvalue weighted by molar-refractivity contribution is 0.0908. The minimum atomic E-state index is -0.169. The molecule has 4 nitrogen and oxygen atoms in total. The van der Waals surface area contributed by atoms with Crippen LogP contribution >= 0.6 is 11.6 Å². The van der Waals surface area contributed by atoms with Gasteiger partial charge in [-0.1, -0.05) is 17.7 Å². The SMILES string of the molecule is Cn1ccnc1C(=O)COc1cccc(Cl)c1. The van der Waals surface area contributed by atoms with E-state index < -0.39 is 0 Å². The topological polar surface area (TPSA) is 44.1 Å². The lowest BCUT2D eigenvalue weighted by atomic mass is 10.3. The number of imidazole rings is 1. The predicted octanol–water partition coefficient (Wildman–Crippen LogP) is 2.34. The van der Waals surface area contributed by atoms with Crippen molar-refractivity contribution in [3.05, 3.63) is 47.5 Å². The lowest BCUT2D eigenvalue weighted by Crippen LogP contribution is -2.15. The van der Waals surface area contributed by atoms with Crippen molar-refractivity contribution >= 4 is 17.4 Å². The summed E-state index contributed by atoms with van der Waals surface area (Å²) < 4.78 is 7.00. The van der Waals surface area contributed by atoms with Crippen LogP contribution in [0, 0.1) is 0 Å². The molecule has 17 heavy (non-hydrogen) atoms. The fourth-order valence-electron chi connectivity index (χ4n) is 1.40. The normalized spacial score (nSPS) is 10.2. The van der Waals surface area contributed by atoms with Gasteiger partial charge in [-0.2, -0.15) is 0 Å². The molecule has 0 radical (unpaired) electrons. The molecule has 2 aromatic rings. The molecule has 0 fully saturated rings. The van der Waals surface area contributed by atoms with Crippen LogP contribution in [0.5, 0.6) is 5.75 Å². The average Bonchev–Trinajstić information content (AvgIpc) is 2.72. The number of aromatic nitrogens is 2. The highest BCUT2D eigenvalue weighted by atomic mass is 35.5. The first-order valence-corrected chi connectivity index (χ1v) is 5.43. The number of nitrogens with zero attached hydrogens (tertiary/aromatic N) is 2. The molecular formula is C12H11ClN2O2. The van der Waals surface area contributed by atoms with Crippen LogP contribution in [0.3, 0.4) is 0 Å². The Balaban J connectivity index is 1.99. The smallest absolute Gasteiger partial charge is 0.235 e. The molecule has 0 amide bonds. The van der Waals surface area contributed by atoms with E-state index in [1.54, 1.807) is 48.3 Å². The first kappa shape index (κ1) is 11.7. The summed E-state index contributed by atoms with van der Waals surface area (Å²) in [7, 11) is 1.76. The summed E-state index contributed by atoms with van der Waals surface area (Å²) in [6.45, 7) is -0.0504. The molecule has 2 rings (SSSR count). The van der Waals surface area contributed by atoms with Crippen molar-refractivity contribution in [2.45, 2.75) is 0 Å². The summed E-state index contributed by atoms with van der Waals surface area (Å²) in [6, 6.07) is 6.92. The number of rotatable bonds is 4. The Labute approximate surface area is 104 Å². The molecule has 1 aromatic heterocycles. The molecule has 0 saturated carbocycles. The van der Waals surface area contributed by atoms with E-state index in [2.05, 4.69) is 4.98 Å². The number of benzene rings is 1. The van der Waals surface area contributed by atoms with E-state index in [1.165, 1.54) is 0 Å². The number of ketones is 1. The van der Waals surface area contributed by atoms with Gasteiger partial charge in [0.05, 0.1) is 0 Å². The van der Waals surface area contributed by atoms with Crippen molar-refractivity contribution in [3.8, 4) is 5.75 Å². The first-order valence-electron chi connectivity index (χ1n) is 5.05. The zero-order chi connectivity index (χ0) is 12.3. The lowest BCUT2D eigenvalue weighted by Gasteiger charge is -2.05. The van der Waals surface area contributed by atoms with Gasteiger partial charge in [0.25, 0.3) is 0 Å². The van der Waals surface area contributed by atoms with Gasteiger partial charge in [0.15, 0.2) is 12.4 Å². The molecule has 0 bridgehead atoms. The summed E-state index contributed by atoms with van der Waals surface area (Å²) in [6.07, 6.45) is 3.29. The van der Waals surface area contributed by atoms with Crippen LogP contribution in [0.2, 0.25) is 5.02 Å². The molecule has 0 aliphatic rings. The maximum atomic E-state index is 11.7. The second kappa shape index (κ2) is 5.01. The Kier molecular flexibility index (Phi) is 3.44. The Bertz CT molecular complexity index is 537. The van der Waals surface area contributed by atoms with Crippen LogP contribution in [-0.2, 0) is 7.05 Å². The first-order chi connectivity index (χ1) is 8.16. The molecule has 0 atom stereocenters. The van der Waals surface area contributed by atoms with Gasteiger partial charge in [0, 0.05) is 24.5 Å². The van der Waals surface area contributed by atoms with Crippen molar-refractivity contribution in [2.75, 3.05) is 6.61 Å². The number of ether oxygens (including phenoxy) is 1. The fraction of sp³-hybridized carbons (Fsp3) is 0.167. The van der Waals surface area contributed by atoms with Gasteiger partial charge in [-0.05, 0) is 18.2 Å². The highest BCUT2D eigenvalue weighted by Gasteiger charge is 2.11. The van der Waals surface area contributed by atoms with E-state index in [0.717, 1.165) is 0 Å². The van der Waals surface area contributed by atoms with Crippen LogP contribution in [-0.4, -0.2) is 21.9 Å². The number of carbonyl (C=O) groups is 1. The van der Waals surface area contributed by atoms with Crippen LogP contribution in [0.4, 0.5) is 0 Å². The minimum Gasteiger partial charge on any atom is -0.485 e. The van der Waals surface area contributed by atoms with Gasteiger partial charge in [0.2, 0.25) is 5.78 Å². The predicted molar refractivity (Wildman–Crippen MR) is 64.5 cm³/mol. The molecule has 0 spiro atoms. The summed E-state index contributed by atoms with van der Waals surface area (Å²) in [5, 5.41) is 0.576. The number of hydrogen-bond donors (Lipinski definition) is 0. The van der Waals surface area contributed by atoms with E-state index in [4.69, 9.17) is 16.3 Å². The Hall–Kier alpha value is -1.81. The van der Waals surface area contributed by atoms with Crippen molar-refractivity contribution in [3.63, 3.8) is 0 Å². The van der Waals surface area contributed by atoms with Crippen molar-refractivity contribution in [1.29, 1.82) is 0 Å². The second-order valence-corrected chi connectivity index (χ2v) is 3.97. The maximum absolute atomic E-state index is 11.7. The Morgan fingerprint density at radius 1 is 1.53 bits per heavy atom. The number of Topliss-reactive ketones (excluding diaryl/α,β-unsaturated/α-hetero) is 1. The van der Waals surface area contributed by atoms with Gasteiger partial charge in [-0.15, -0.1) is 0 Å². The molecule has 5 heteroatoms. The minimum absolute atomic E-state index is 0.0504. The third-order valence-corrected chi connectivity index (χ3v) is 2.47. The van der Waals surface area contributed by atoms with Crippen LogP contribution in [0.15, 0.2) is 36.7 Å². The van der Waals surface area contributed by atoms with Crippen molar-refractivity contribution in [1.82, 2.24) is 9.55 Å². The third-order valence-electron chi connectivity index (χ3n) is 2.24. The van der Waals surface area contributed by atoms with Gasteiger partial charge >= 0.3 is 0 Å². The van der Waals surface area contributed by atoms with E-state index in [1.807, 2.05) is 0 Å². The molecule has 0 saturated heterocycles. The van der Waals surface area contributed by atoms with Gasteiger partial charge in [0.1, 0.15) is 5.75 Å². The van der Waals surface area contributed by atoms with Gasteiger partial charge in [-0.3, -0.25) is 4.79 Å². The molecule has 0 unspecified atom stereocenters. The average molecular weight is 251 g/mol. The van der Waals surface area contributed by atoms with Crippen LogP contribution < -0.4 is 4.74 Å². The summed E-state index contributed by atoms with van der Waals surface area (Å²) in [5.74, 6) is 0.782. The Morgan fingerprint density at radius 3 is 3.00 bits per heavy atom. The number of hydrogen-bond acceptors (Lipinski definition) is 3. The molecule has 1 aromatic carbocycles. The largest absolute Gasteiger partial charge is 0.485 e. The molecule has 0 aliphatic carbocycles. The second-order valence-electron chi connectivity index (χ2n) is 3.53. The monoisotopic (exact) mass is 250 g/mol. The summed E-state index contributed by atoms with van der Waals surface area (Å²) in [4.78, 5) is 15.7. The fourth-order valence-corrected chi connectivity index (χ4v) is 1.58. The zero-order valence-corrected chi connectivity index (χ0v) is 10.0. The molecule has 1 heterocycles. The van der Waals surface area contributed by atoms with Crippen molar-refractivity contribution < 1.29 is 9.53 Å². The molecule has 0 aliphatic heterocycles. The van der Waals surface area contributed by atoms with Gasteiger partial charge in [-0.25, -0.2) is 4.98 Å². The zero-order valence-electron chi connectivity index (χ0n) is 9.26. The molecular weight excluding hydrogens is 240 g/mol. The molecule has 0 N–H and O–H groups in total. The quantitative estimate of drug-likeness (QED) is 0.783. The Morgan fingerprint density at radius 2 is 2.35 bits per heavy atom. The highest BCUT2D eigenvalue weighted by Crippen LogP contribution is 2.17. The van der Waals surface area contributed by atoms with E-state index >= 15 is 0 Å². The van der Waals surface area contributed by atoms with E-state index in [9.17, 15) is 4.79 Å². The summed E-state index contributed by atoms with van der Waals surface area (Å²) in [5.41, 5.74) is 0. The number of carbonyl (C=O) groups excluding carboxylic acids is 1. The standard InChI is InChI=1S/C12H11ClN2O2/c1-15-6-5-14-12(15)11(16)8-17-10-4-2-3-9(13)7-10/h2-7H,8H2,1H3. The van der Waals surface area contributed by atoms with Gasteiger partial charge < -0.3 is 9.30 Å². The summed E-state index contributed by atoms with van der Waals surface area (Å²) >= 11 is 5.80. The maximum Gasteiger partial charge on any atom is 0.235 e. The van der Waals surface area contributed by atoms with E-state index in [-0.39, 0.29) is 12.4 Å². The van der Waals surface area contributed by atoms with Crippen LogP contribution in [0.25, 0.3) is 0 Å². The van der Waals surface area contributed by atoms with E-state index in [0.29, 0.717) is 16.6 Å². The number of aryl methyl sites for hydroxylation is 1. The third kappa shape index (κ3) is 2.85. The number of halogens is 1. The molecule has 88 valence electrons. The highest BCUT2D eigenvalue weighted by molar-refractivity contribution is 6.30. The van der Waals surface area contributed by atoms with Crippen molar-refractivity contribution in [2.24, 2.45) is 7.05 Å².